The number of benzene rings is 1. The van der Waals surface area contributed by atoms with E-state index < -0.39 is 17.5 Å². The lowest BCUT2D eigenvalue weighted by atomic mass is 10.2. The number of anilines is 1. The van der Waals surface area contributed by atoms with Crippen molar-refractivity contribution in [2.24, 2.45) is 0 Å². The normalized spacial score (nSPS) is 11.0. The highest BCUT2D eigenvalue weighted by atomic mass is 79.9. The van der Waals surface area contributed by atoms with Gasteiger partial charge in [-0.3, -0.25) is 5.32 Å². The van der Waals surface area contributed by atoms with Crippen LogP contribution in [-0.2, 0) is 4.74 Å². The van der Waals surface area contributed by atoms with Crippen LogP contribution < -0.4 is 10.1 Å². The average molecular weight is 320 g/mol. The molecule has 6 heteroatoms. The van der Waals surface area contributed by atoms with E-state index in [1.165, 1.54) is 13.2 Å². The number of amides is 1. The molecule has 18 heavy (non-hydrogen) atoms. The van der Waals surface area contributed by atoms with Crippen LogP contribution in [0.25, 0.3) is 0 Å². The second-order valence-corrected chi connectivity index (χ2v) is 5.42. The molecule has 0 saturated heterocycles. The van der Waals surface area contributed by atoms with Crippen LogP contribution in [0.3, 0.4) is 0 Å². The topological polar surface area (TPSA) is 47.6 Å². The zero-order valence-electron chi connectivity index (χ0n) is 10.6. The summed E-state index contributed by atoms with van der Waals surface area (Å²) in [7, 11) is 1.39. The quantitative estimate of drug-likeness (QED) is 0.898. The number of carbonyl (C=O) groups excluding carboxylic acids is 1. The van der Waals surface area contributed by atoms with E-state index in [2.05, 4.69) is 21.2 Å². The first-order valence-electron chi connectivity index (χ1n) is 5.26. The lowest BCUT2D eigenvalue weighted by Gasteiger charge is -2.20. The smallest absolute Gasteiger partial charge is 0.412 e. The molecule has 0 saturated carbocycles. The van der Waals surface area contributed by atoms with Crippen LogP contribution in [0.1, 0.15) is 20.8 Å². The van der Waals surface area contributed by atoms with Crippen molar-refractivity contribution in [3.63, 3.8) is 0 Å². The molecule has 0 radical (unpaired) electrons. The molecule has 4 nitrogen and oxygen atoms in total. The van der Waals surface area contributed by atoms with E-state index >= 15 is 0 Å². The molecule has 1 aromatic rings. The minimum absolute atomic E-state index is 0.0545. The molecular weight excluding hydrogens is 305 g/mol. The molecule has 0 heterocycles. The Labute approximate surface area is 114 Å². The average Bonchev–Trinajstić information content (AvgIpc) is 2.22. The predicted octanol–water partition coefficient (Wildman–Crippen LogP) is 3.94. The Morgan fingerprint density at radius 3 is 2.50 bits per heavy atom. The first kappa shape index (κ1) is 14.8. The molecule has 0 aliphatic rings. The highest BCUT2D eigenvalue weighted by molar-refractivity contribution is 9.10. The van der Waals surface area contributed by atoms with Crippen molar-refractivity contribution in [1.82, 2.24) is 0 Å². The van der Waals surface area contributed by atoms with Crippen molar-refractivity contribution in [3.8, 4) is 5.75 Å². The van der Waals surface area contributed by atoms with Crippen LogP contribution in [0.5, 0.6) is 5.75 Å². The number of rotatable bonds is 2. The van der Waals surface area contributed by atoms with Crippen LogP contribution in [0, 0.1) is 5.82 Å². The Bertz CT molecular complexity index is 457. The Balaban J connectivity index is 2.96. The fraction of sp³-hybridized carbons (Fsp3) is 0.417. The highest BCUT2D eigenvalue weighted by Crippen LogP contribution is 2.32. The number of halogens is 2. The van der Waals surface area contributed by atoms with Gasteiger partial charge >= 0.3 is 6.09 Å². The molecule has 0 bridgehead atoms. The minimum Gasteiger partial charge on any atom is -0.494 e. The molecule has 0 fully saturated rings. The fourth-order valence-corrected chi connectivity index (χ4v) is 1.56. The summed E-state index contributed by atoms with van der Waals surface area (Å²) >= 11 is 3.04. The Morgan fingerprint density at radius 1 is 1.39 bits per heavy atom. The second-order valence-electron chi connectivity index (χ2n) is 4.57. The molecule has 0 atom stereocenters. The molecular formula is C12H15BrFNO3. The summed E-state index contributed by atoms with van der Waals surface area (Å²) in [6.45, 7) is 5.17. The number of ether oxygens (including phenoxy) is 2. The van der Waals surface area contributed by atoms with Gasteiger partial charge in [0.1, 0.15) is 17.0 Å². The van der Waals surface area contributed by atoms with Gasteiger partial charge < -0.3 is 9.47 Å². The molecule has 0 aromatic heterocycles. The van der Waals surface area contributed by atoms with Crippen molar-refractivity contribution in [2.75, 3.05) is 12.4 Å². The maximum absolute atomic E-state index is 13.8. The van der Waals surface area contributed by atoms with Crippen molar-refractivity contribution >= 4 is 27.7 Å². The third kappa shape index (κ3) is 3.87. The maximum atomic E-state index is 13.8. The van der Waals surface area contributed by atoms with E-state index in [1.807, 2.05) is 0 Å². The summed E-state index contributed by atoms with van der Waals surface area (Å²) < 4.78 is 24.1. The summed E-state index contributed by atoms with van der Waals surface area (Å²) in [5.41, 5.74) is -0.707. The molecule has 1 aromatic carbocycles. The van der Waals surface area contributed by atoms with Gasteiger partial charge in [0.15, 0.2) is 5.82 Å². The lowest BCUT2D eigenvalue weighted by Crippen LogP contribution is -2.27. The SMILES string of the molecule is COc1ccc(Br)c(F)c1NC(=O)OC(C)(C)C. The molecule has 100 valence electrons. The van der Waals surface area contributed by atoms with Crippen molar-refractivity contribution in [3.05, 3.63) is 22.4 Å². The van der Waals surface area contributed by atoms with Gasteiger partial charge in [0.2, 0.25) is 0 Å². The number of nitrogens with one attached hydrogen (secondary N) is 1. The van der Waals surface area contributed by atoms with Crippen molar-refractivity contribution in [1.29, 1.82) is 0 Å². The summed E-state index contributed by atoms with van der Waals surface area (Å²) in [4.78, 5) is 11.6. The summed E-state index contributed by atoms with van der Waals surface area (Å²) in [6, 6.07) is 3.04. The standard InChI is InChI=1S/C12H15BrFNO3/c1-12(2,3)18-11(16)15-10-8(17-4)6-5-7(13)9(10)14/h5-6H,1-4H3,(H,15,16). The molecule has 0 aliphatic heterocycles. The number of methoxy groups -OCH3 is 1. The van der Waals surface area contributed by atoms with Crippen LogP contribution in [0.4, 0.5) is 14.9 Å². The highest BCUT2D eigenvalue weighted by Gasteiger charge is 2.20. The van der Waals surface area contributed by atoms with Gasteiger partial charge in [-0.05, 0) is 48.8 Å². The predicted molar refractivity (Wildman–Crippen MR) is 70.5 cm³/mol. The first-order valence-corrected chi connectivity index (χ1v) is 6.06. The van der Waals surface area contributed by atoms with Crippen LogP contribution in [0.15, 0.2) is 16.6 Å². The van der Waals surface area contributed by atoms with Gasteiger partial charge in [-0.25, -0.2) is 9.18 Å². The van der Waals surface area contributed by atoms with Gasteiger partial charge in [-0.1, -0.05) is 0 Å². The Morgan fingerprint density at radius 2 is 2.00 bits per heavy atom. The number of hydrogen-bond acceptors (Lipinski definition) is 3. The third-order valence-corrected chi connectivity index (χ3v) is 2.51. The molecule has 1 N–H and O–H groups in total. The molecule has 1 amide bonds. The van der Waals surface area contributed by atoms with Crippen LogP contribution in [-0.4, -0.2) is 18.8 Å². The summed E-state index contributed by atoms with van der Waals surface area (Å²) in [5, 5.41) is 2.34. The summed E-state index contributed by atoms with van der Waals surface area (Å²) in [6.07, 6.45) is -0.738. The zero-order chi connectivity index (χ0) is 13.9. The zero-order valence-corrected chi connectivity index (χ0v) is 12.2. The fourth-order valence-electron chi connectivity index (χ4n) is 1.23. The first-order chi connectivity index (χ1) is 8.24. The molecule has 1 rings (SSSR count). The van der Waals surface area contributed by atoms with E-state index in [4.69, 9.17) is 9.47 Å². The van der Waals surface area contributed by atoms with Crippen molar-refractivity contribution in [2.45, 2.75) is 26.4 Å². The monoisotopic (exact) mass is 319 g/mol. The molecule has 0 unspecified atom stereocenters. The molecule has 0 aliphatic carbocycles. The van der Waals surface area contributed by atoms with E-state index in [-0.39, 0.29) is 15.9 Å². The third-order valence-electron chi connectivity index (χ3n) is 1.90. The van der Waals surface area contributed by atoms with Gasteiger partial charge in [0.25, 0.3) is 0 Å². The van der Waals surface area contributed by atoms with Crippen LogP contribution in [0.2, 0.25) is 0 Å². The Hall–Kier alpha value is -1.30. The summed E-state index contributed by atoms with van der Waals surface area (Å²) in [5.74, 6) is -0.387. The maximum Gasteiger partial charge on any atom is 0.412 e. The lowest BCUT2D eigenvalue weighted by molar-refractivity contribution is 0.0634. The van der Waals surface area contributed by atoms with E-state index in [9.17, 15) is 9.18 Å². The van der Waals surface area contributed by atoms with E-state index in [0.717, 1.165) is 0 Å². The Kier molecular flexibility index (Phi) is 4.56. The van der Waals surface area contributed by atoms with Gasteiger partial charge in [-0.15, -0.1) is 0 Å². The molecule has 0 spiro atoms. The van der Waals surface area contributed by atoms with Crippen LogP contribution >= 0.6 is 15.9 Å². The van der Waals surface area contributed by atoms with Gasteiger partial charge in [0, 0.05) is 0 Å². The van der Waals surface area contributed by atoms with Gasteiger partial charge in [-0.2, -0.15) is 0 Å². The largest absolute Gasteiger partial charge is 0.494 e. The van der Waals surface area contributed by atoms with Crippen molar-refractivity contribution < 1.29 is 18.7 Å². The number of hydrogen-bond donors (Lipinski definition) is 1. The van der Waals surface area contributed by atoms with E-state index in [1.54, 1.807) is 26.8 Å². The number of carbonyl (C=O) groups is 1. The van der Waals surface area contributed by atoms with E-state index in [0.29, 0.717) is 0 Å². The van der Waals surface area contributed by atoms with Gasteiger partial charge in [0.05, 0.1) is 11.6 Å². The minimum atomic E-state index is -0.738. The second kappa shape index (κ2) is 5.56.